The molecule has 0 fully saturated rings. The quantitative estimate of drug-likeness (QED) is 0.485. The molecule has 1 aromatic carbocycles. The van der Waals surface area contributed by atoms with Gasteiger partial charge in [0.1, 0.15) is 11.3 Å². The van der Waals surface area contributed by atoms with Crippen LogP contribution in [-0.2, 0) is 24.8 Å². The summed E-state index contributed by atoms with van der Waals surface area (Å²) in [6.07, 6.45) is 2.22. The molecule has 2 N–H and O–H groups in total. The number of thiazole rings is 1. The van der Waals surface area contributed by atoms with E-state index in [9.17, 15) is 14.4 Å². The summed E-state index contributed by atoms with van der Waals surface area (Å²) in [5.74, 6) is 0.129. The van der Waals surface area contributed by atoms with Gasteiger partial charge in [-0.3, -0.25) is 19.1 Å². The summed E-state index contributed by atoms with van der Waals surface area (Å²) in [5, 5.41) is 2.51. The fraction of sp³-hybridized carbons (Fsp3) is 0.211. The van der Waals surface area contributed by atoms with Crippen LogP contribution in [0, 0.1) is 0 Å². The van der Waals surface area contributed by atoms with Gasteiger partial charge >= 0.3 is 5.69 Å². The number of carbonyl (C=O) groups excluding carboxylic acids is 1. The van der Waals surface area contributed by atoms with E-state index in [2.05, 4.69) is 19.9 Å². The van der Waals surface area contributed by atoms with Crippen molar-refractivity contribution in [3.05, 3.63) is 77.9 Å². The van der Waals surface area contributed by atoms with Gasteiger partial charge in [0.15, 0.2) is 10.4 Å². The van der Waals surface area contributed by atoms with Crippen LogP contribution in [0.4, 0.5) is 0 Å². The number of H-pyrrole nitrogens is 2. The lowest BCUT2D eigenvalue weighted by Crippen LogP contribution is -2.28. The highest BCUT2D eigenvalue weighted by atomic mass is 35.5. The number of nitrogens with zero attached hydrogens (tertiary/aromatic N) is 4. The van der Waals surface area contributed by atoms with E-state index in [0.717, 1.165) is 5.56 Å². The first kappa shape index (κ1) is 20.0. The Balaban J connectivity index is 1.51. The average Bonchev–Trinajstić information content (AvgIpc) is 3.34. The van der Waals surface area contributed by atoms with Crippen LogP contribution in [0.25, 0.3) is 11.2 Å². The number of carbonyl (C=O) groups is 1. The number of nitrogens with one attached hydrogen (secondary N) is 2. The van der Waals surface area contributed by atoms with Crippen molar-refractivity contribution in [2.75, 3.05) is 0 Å². The molecule has 9 nitrogen and oxygen atoms in total. The highest BCUT2D eigenvalue weighted by Gasteiger charge is 2.12. The molecule has 0 spiro atoms. The summed E-state index contributed by atoms with van der Waals surface area (Å²) >= 11 is 7.58. The van der Waals surface area contributed by atoms with Gasteiger partial charge in [0, 0.05) is 36.5 Å². The maximum absolute atomic E-state index is 12.4. The van der Waals surface area contributed by atoms with Gasteiger partial charge in [-0.05, 0) is 11.6 Å². The van der Waals surface area contributed by atoms with E-state index in [1.165, 1.54) is 23.0 Å². The molecule has 0 saturated carbocycles. The van der Waals surface area contributed by atoms with Crippen LogP contribution in [0.1, 0.15) is 17.8 Å². The number of imidazole rings is 1. The molecule has 0 saturated heterocycles. The zero-order valence-corrected chi connectivity index (χ0v) is 17.5. The number of benzene rings is 1. The summed E-state index contributed by atoms with van der Waals surface area (Å²) in [5.41, 5.74) is 0.301. The average molecular weight is 445 g/mol. The number of hydrogen-bond donors (Lipinski definition) is 2. The molecule has 3 aromatic heterocycles. The maximum atomic E-state index is 12.4. The van der Waals surface area contributed by atoms with Gasteiger partial charge in [-0.2, -0.15) is 4.99 Å². The maximum Gasteiger partial charge on any atom is 0.329 e. The summed E-state index contributed by atoms with van der Waals surface area (Å²) in [4.78, 5) is 50.1. The highest BCUT2D eigenvalue weighted by molar-refractivity contribution is 7.07. The van der Waals surface area contributed by atoms with Crippen LogP contribution >= 0.6 is 22.9 Å². The number of aryl methyl sites for hydroxylation is 2. The fourth-order valence-corrected chi connectivity index (χ4v) is 3.92. The Morgan fingerprint density at radius 3 is 2.87 bits per heavy atom. The first-order valence-corrected chi connectivity index (χ1v) is 10.3. The molecule has 11 heteroatoms. The second-order valence-electron chi connectivity index (χ2n) is 6.61. The van der Waals surface area contributed by atoms with Crippen LogP contribution in [0.15, 0.2) is 50.4 Å². The normalized spacial score (nSPS) is 12.0. The predicted octanol–water partition coefficient (Wildman–Crippen LogP) is 1.57. The van der Waals surface area contributed by atoms with Gasteiger partial charge in [0.05, 0.1) is 6.54 Å². The Morgan fingerprint density at radius 2 is 2.07 bits per heavy atom. The number of aromatic amines is 2. The molecule has 4 rings (SSSR count). The third-order valence-electron chi connectivity index (χ3n) is 4.56. The van der Waals surface area contributed by atoms with Crippen LogP contribution < -0.4 is 16.1 Å². The minimum Gasteiger partial charge on any atom is -0.336 e. The number of amides is 1. The molecule has 30 heavy (non-hydrogen) atoms. The third kappa shape index (κ3) is 4.05. The smallest absolute Gasteiger partial charge is 0.329 e. The van der Waals surface area contributed by atoms with E-state index in [0.29, 0.717) is 22.2 Å². The second kappa shape index (κ2) is 8.25. The van der Waals surface area contributed by atoms with Crippen molar-refractivity contribution in [3.63, 3.8) is 0 Å². The molecule has 0 radical (unpaired) electrons. The van der Waals surface area contributed by atoms with Crippen molar-refractivity contribution in [1.82, 2.24) is 24.1 Å². The summed E-state index contributed by atoms with van der Waals surface area (Å²) in [6.45, 7) is 0.510. The standard InChI is InChI=1S/C19H17ClN6O3S/c1-25-16-15(17(28)24-18(25)29)21-13(22-16)6-7-14(27)23-19-26(8-9-30-19)10-11-4-2-3-5-12(11)20/h2-5,8-9H,6-7,10H2,1H3,(H,21,22)(H,24,28,29). The molecule has 4 aromatic rings. The topological polar surface area (TPSA) is 118 Å². The van der Waals surface area contributed by atoms with Crippen LogP contribution in [0.2, 0.25) is 5.02 Å². The zero-order valence-electron chi connectivity index (χ0n) is 15.9. The van der Waals surface area contributed by atoms with Crippen molar-refractivity contribution >= 4 is 40.0 Å². The summed E-state index contributed by atoms with van der Waals surface area (Å²) in [7, 11) is 1.51. The van der Waals surface area contributed by atoms with E-state index in [1.54, 1.807) is 0 Å². The number of hydrogen-bond acceptors (Lipinski definition) is 5. The molecule has 1 amide bonds. The van der Waals surface area contributed by atoms with E-state index >= 15 is 0 Å². The van der Waals surface area contributed by atoms with Crippen molar-refractivity contribution in [2.24, 2.45) is 12.0 Å². The number of aromatic nitrogens is 5. The van der Waals surface area contributed by atoms with E-state index < -0.39 is 11.2 Å². The number of halogens is 1. The molecular weight excluding hydrogens is 428 g/mol. The van der Waals surface area contributed by atoms with Crippen molar-refractivity contribution < 1.29 is 4.79 Å². The van der Waals surface area contributed by atoms with Gasteiger partial charge in [-0.25, -0.2) is 9.78 Å². The van der Waals surface area contributed by atoms with Crippen LogP contribution in [-0.4, -0.2) is 30.0 Å². The SMILES string of the molecule is Cn1c(=O)[nH]c(=O)c2[nH]c(CCC(=O)N=c3sccn3Cc3ccccc3Cl)nc21. The lowest BCUT2D eigenvalue weighted by atomic mass is 10.2. The molecule has 0 atom stereocenters. The third-order valence-corrected chi connectivity index (χ3v) is 5.72. The van der Waals surface area contributed by atoms with Gasteiger partial charge in [-0.1, -0.05) is 29.8 Å². The Kier molecular flexibility index (Phi) is 5.51. The Hall–Kier alpha value is -3.24. The van der Waals surface area contributed by atoms with Crippen molar-refractivity contribution in [2.45, 2.75) is 19.4 Å². The molecule has 3 heterocycles. The molecule has 0 unspecified atom stereocenters. The molecular formula is C19H17ClN6O3S. The van der Waals surface area contributed by atoms with Gasteiger partial charge in [-0.15, -0.1) is 11.3 Å². The van der Waals surface area contributed by atoms with E-state index in [1.807, 2.05) is 40.4 Å². The molecule has 0 aliphatic heterocycles. The highest BCUT2D eigenvalue weighted by Crippen LogP contribution is 2.15. The number of rotatable bonds is 5. The Morgan fingerprint density at radius 1 is 1.27 bits per heavy atom. The van der Waals surface area contributed by atoms with E-state index in [-0.39, 0.29) is 29.9 Å². The summed E-state index contributed by atoms with van der Waals surface area (Å²) in [6, 6.07) is 7.52. The van der Waals surface area contributed by atoms with Crippen molar-refractivity contribution in [1.29, 1.82) is 0 Å². The lowest BCUT2D eigenvalue weighted by molar-refractivity contribution is -0.118. The summed E-state index contributed by atoms with van der Waals surface area (Å²) < 4.78 is 3.10. The minimum absolute atomic E-state index is 0.107. The Labute approximate surface area is 178 Å². The van der Waals surface area contributed by atoms with Gasteiger partial charge < -0.3 is 9.55 Å². The molecule has 0 aliphatic carbocycles. The molecule has 154 valence electrons. The first-order valence-electron chi connectivity index (χ1n) is 9.05. The van der Waals surface area contributed by atoms with E-state index in [4.69, 9.17) is 11.6 Å². The van der Waals surface area contributed by atoms with Gasteiger partial charge in [0.2, 0.25) is 5.91 Å². The minimum atomic E-state index is -0.544. The predicted molar refractivity (Wildman–Crippen MR) is 114 cm³/mol. The monoisotopic (exact) mass is 444 g/mol. The zero-order chi connectivity index (χ0) is 21.3. The molecule has 0 aliphatic rings. The van der Waals surface area contributed by atoms with Crippen LogP contribution in [0.5, 0.6) is 0 Å². The lowest BCUT2D eigenvalue weighted by Gasteiger charge is -2.05. The fourth-order valence-electron chi connectivity index (χ4n) is 2.98. The number of fused-ring (bicyclic) bond motifs is 1. The van der Waals surface area contributed by atoms with Crippen molar-refractivity contribution in [3.8, 4) is 0 Å². The Bertz CT molecular complexity index is 1420. The van der Waals surface area contributed by atoms with Gasteiger partial charge in [0.25, 0.3) is 5.56 Å². The largest absolute Gasteiger partial charge is 0.336 e. The van der Waals surface area contributed by atoms with Crippen LogP contribution in [0.3, 0.4) is 0 Å². The first-order chi connectivity index (χ1) is 14.4. The second-order valence-corrected chi connectivity index (χ2v) is 7.89. The molecule has 0 bridgehead atoms.